The van der Waals surface area contributed by atoms with Crippen LogP contribution in [0.2, 0.25) is 0 Å². The van der Waals surface area contributed by atoms with Crippen LogP contribution in [0.15, 0.2) is 42.7 Å². The first-order valence-corrected chi connectivity index (χ1v) is 8.90. The van der Waals surface area contributed by atoms with E-state index >= 15 is 0 Å². The lowest BCUT2D eigenvalue weighted by molar-refractivity contribution is 0.510. The first kappa shape index (κ1) is 15.7. The fourth-order valence-corrected chi connectivity index (χ4v) is 3.15. The zero-order valence-electron chi connectivity index (χ0n) is 13.1. The number of hydrogen-bond acceptors (Lipinski definition) is 4. The summed E-state index contributed by atoms with van der Waals surface area (Å²) in [5.74, 6) is 0.00918. The molecule has 3 aromatic rings. The van der Waals surface area contributed by atoms with Gasteiger partial charge in [-0.25, -0.2) is 12.7 Å². The molecule has 0 aliphatic heterocycles. The van der Waals surface area contributed by atoms with Crippen molar-refractivity contribution in [2.75, 3.05) is 19.8 Å². The van der Waals surface area contributed by atoms with Gasteiger partial charge in [0.1, 0.15) is 5.69 Å². The van der Waals surface area contributed by atoms with Gasteiger partial charge in [0.15, 0.2) is 0 Å². The second-order valence-electron chi connectivity index (χ2n) is 5.57. The van der Waals surface area contributed by atoms with E-state index in [2.05, 4.69) is 33.1 Å². The van der Waals surface area contributed by atoms with Crippen molar-refractivity contribution in [2.45, 2.75) is 13.1 Å². The van der Waals surface area contributed by atoms with Crippen LogP contribution in [0.5, 0.6) is 0 Å². The van der Waals surface area contributed by atoms with E-state index in [-0.39, 0.29) is 5.75 Å². The van der Waals surface area contributed by atoms with Crippen LogP contribution in [0, 0.1) is 0 Å². The Morgan fingerprint density at radius 2 is 1.96 bits per heavy atom. The SMILES string of the molecule is CN(C)S(=O)(=O)CCn1cc(Cn2ccc3ccccc32)nn1. The van der Waals surface area contributed by atoms with Crippen LogP contribution in [0.4, 0.5) is 0 Å². The number of benzene rings is 1. The number of hydrogen-bond donors (Lipinski definition) is 0. The molecule has 2 aromatic heterocycles. The van der Waals surface area contributed by atoms with Gasteiger partial charge in [0.05, 0.1) is 25.0 Å². The van der Waals surface area contributed by atoms with Crippen molar-refractivity contribution in [2.24, 2.45) is 0 Å². The van der Waals surface area contributed by atoms with Crippen LogP contribution in [0.3, 0.4) is 0 Å². The van der Waals surface area contributed by atoms with Crippen molar-refractivity contribution in [3.05, 3.63) is 48.4 Å². The highest BCUT2D eigenvalue weighted by Gasteiger charge is 2.14. The van der Waals surface area contributed by atoms with Gasteiger partial charge in [-0.05, 0) is 17.5 Å². The van der Waals surface area contributed by atoms with E-state index < -0.39 is 10.0 Å². The van der Waals surface area contributed by atoms with Crippen molar-refractivity contribution >= 4 is 20.9 Å². The Morgan fingerprint density at radius 1 is 1.17 bits per heavy atom. The van der Waals surface area contributed by atoms with Gasteiger partial charge in [-0.3, -0.25) is 4.68 Å². The van der Waals surface area contributed by atoms with Crippen molar-refractivity contribution in [3.8, 4) is 0 Å². The smallest absolute Gasteiger partial charge is 0.215 e. The Kier molecular flexibility index (Phi) is 4.18. The highest BCUT2D eigenvalue weighted by Crippen LogP contribution is 2.16. The van der Waals surface area contributed by atoms with Gasteiger partial charge in [0.25, 0.3) is 0 Å². The Morgan fingerprint density at radius 3 is 2.74 bits per heavy atom. The predicted molar refractivity (Wildman–Crippen MR) is 88.5 cm³/mol. The standard InChI is InChI=1S/C15H19N5O2S/c1-18(2)23(21,22)10-9-20-12-14(16-17-20)11-19-8-7-13-5-3-4-6-15(13)19/h3-8,12H,9-11H2,1-2H3. The molecule has 23 heavy (non-hydrogen) atoms. The highest BCUT2D eigenvalue weighted by molar-refractivity contribution is 7.89. The zero-order chi connectivity index (χ0) is 16.4. The Labute approximate surface area is 135 Å². The molecule has 0 aliphatic carbocycles. The molecule has 0 unspecified atom stereocenters. The third kappa shape index (κ3) is 3.43. The summed E-state index contributed by atoms with van der Waals surface area (Å²) in [7, 11) is -0.172. The van der Waals surface area contributed by atoms with Gasteiger partial charge in [-0.2, -0.15) is 0 Å². The van der Waals surface area contributed by atoms with Crippen LogP contribution in [-0.4, -0.2) is 52.1 Å². The van der Waals surface area contributed by atoms with Crippen molar-refractivity contribution < 1.29 is 8.42 Å². The fourth-order valence-electron chi connectivity index (χ4n) is 2.36. The number of fused-ring (bicyclic) bond motifs is 1. The molecule has 0 bridgehead atoms. The van der Waals surface area contributed by atoms with Crippen molar-refractivity contribution in [1.29, 1.82) is 0 Å². The van der Waals surface area contributed by atoms with E-state index in [1.165, 1.54) is 23.8 Å². The molecule has 0 N–H and O–H groups in total. The summed E-state index contributed by atoms with van der Waals surface area (Å²) in [6.07, 6.45) is 3.81. The number of para-hydroxylation sites is 1. The van der Waals surface area contributed by atoms with Crippen molar-refractivity contribution in [1.82, 2.24) is 23.9 Å². The number of nitrogens with zero attached hydrogens (tertiary/aromatic N) is 5. The van der Waals surface area contributed by atoms with Gasteiger partial charge in [0.2, 0.25) is 10.0 Å². The molecule has 2 heterocycles. The number of aryl methyl sites for hydroxylation is 1. The maximum absolute atomic E-state index is 11.8. The van der Waals surface area contributed by atoms with E-state index in [1.807, 2.05) is 18.3 Å². The summed E-state index contributed by atoms with van der Waals surface area (Å²) in [4.78, 5) is 0. The molecular weight excluding hydrogens is 314 g/mol. The molecule has 0 spiro atoms. The summed E-state index contributed by atoms with van der Waals surface area (Å²) in [6.45, 7) is 0.897. The fraction of sp³-hybridized carbons (Fsp3) is 0.333. The monoisotopic (exact) mass is 333 g/mol. The topological polar surface area (TPSA) is 73.0 Å². The maximum atomic E-state index is 11.8. The molecular formula is C15H19N5O2S. The molecule has 0 radical (unpaired) electrons. The second-order valence-corrected chi connectivity index (χ2v) is 7.88. The minimum absolute atomic E-state index is 0.00918. The minimum Gasteiger partial charge on any atom is -0.341 e. The van der Waals surface area contributed by atoms with E-state index in [9.17, 15) is 8.42 Å². The van der Waals surface area contributed by atoms with Gasteiger partial charge >= 0.3 is 0 Å². The predicted octanol–water partition coefficient (Wildman–Crippen LogP) is 1.17. The van der Waals surface area contributed by atoms with Gasteiger partial charge in [-0.15, -0.1) is 5.10 Å². The molecule has 122 valence electrons. The van der Waals surface area contributed by atoms with Gasteiger partial charge in [-0.1, -0.05) is 23.4 Å². The summed E-state index contributed by atoms with van der Waals surface area (Å²) < 4.78 is 28.4. The molecule has 0 aliphatic rings. The highest BCUT2D eigenvalue weighted by atomic mass is 32.2. The minimum atomic E-state index is -3.23. The summed E-state index contributed by atoms with van der Waals surface area (Å²) >= 11 is 0. The van der Waals surface area contributed by atoms with E-state index in [1.54, 1.807) is 10.9 Å². The second kappa shape index (κ2) is 6.13. The number of sulfonamides is 1. The number of aromatic nitrogens is 4. The molecule has 0 amide bonds. The van der Waals surface area contributed by atoms with Crippen molar-refractivity contribution in [3.63, 3.8) is 0 Å². The lowest BCUT2D eigenvalue weighted by atomic mass is 10.2. The largest absolute Gasteiger partial charge is 0.341 e. The zero-order valence-corrected chi connectivity index (χ0v) is 13.9. The molecule has 7 nitrogen and oxygen atoms in total. The van der Waals surface area contributed by atoms with Gasteiger partial charge < -0.3 is 4.57 Å². The third-order valence-electron chi connectivity index (χ3n) is 3.73. The van der Waals surface area contributed by atoms with Crippen LogP contribution in [0.1, 0.15) is 5.69 Å². The lowest BCUT2D eigenvalue weighted by Gasteiger charge is -2.10. The first-order chi connectivity index (χ1) is 11.0. The van der Waals surface area contributed by atoms with Crippen LogP contribution < -0.4 is 0 Å². The molecule has 3 rings (SSSR count). The van der Waals surface area contributed by atoms with E-state index in [0.29, 0.717) is 13.1 Å². The first-order valence-electron chi connectivity index (χ1n) is 7.29. The average Bonchev–Trinajstić information content (AvgIpc) is 3.13. The van der Waals surface area contributed by atoms with Gasteiger partial charge in [0, 0.05) is 25.8 Å². The average molecular weight is 333 g/mol. The summed E-state index contributed by atoms with van der Waals surface area (Å²) in [5.41, 5.74) is 1.94. The van der Waals surface area contributed by atoms with Crippen LogP contribution >= 0.6 is 0 Å². The summed E-state index contributed by atoms with van der Waals surface area (Å²) in [6, 6.07) is 10.2. The maximum Gasteiger partial charge on any atom is 0.215 e. The van der Waals surface area contributed by atoms with E-state index in [4.69, 9.17) is 0 Å². The Bertz CT molecular complexity index is 911. The quantitative estimate of drug-likeness (QED) is 0.679. The lowest BCUT2D eigenvalue weighted by Crippen LogP contribution is -2.27. The Balaban J connectivity index is 1.70. The molecule has 0 saturated heterocycles. The summed E-state index contributed by atoms with van der Waals surface area (Å²) in [5, 5.41) is 9.31. The Hall–Kier alpha value is -2.19. The molecule has 1 aromatic carbocycles. The van der Waals surface area contributed by atoms with Crippen LogP contribution in [-0.2, 0) is 23.1 Å². The third-order valence-corrected chi connectivity index (χ3v) is 5.54. The molecule has 0 fully saturated rings. The molecule has 0 saturated carbocycles. The van der Waals surface area contributed by atoms with Crippen LogP contribution in [0.25, 0.3) is 10.9 Å². The normalized spacial score (nSPS) is 12.3. The molecule has 8 heteroatoms. The molecule has 0 atom stereocenters. The van der Waals surface area contributed by atoms with E-state index in [0.717, 1.165) is 11.2 Å². The number of rotatable bonds is 6.